The Balaban J connectivity index is 1.46. The van der Waals surface area contributed by atoms with Crippen molar-refractivity contribution in [3.05, 3.63) is 64.2 Å². The Morgan fingerprint density at radius 1 is 1.17 bits per heavy atom. The lowest BCUT2D eigenvalue weighted by Crippen LogP contribution is -2.63. The van der Waals surface area contributed by atoms with E-state index in [0.717, 1.165) is 36.0 Å². The number of benzene rings is 1. The first kappa shape index (κ1) is 24.1. The fourth-order valence-corrected chi connectivity index (χ4v) is 5.91. The Morgan fingerprint density at radius 3 is 2.49 bits per heavy atom. The van der Waals surface area contributed by atoms with Crippen molar-refractivity contribution in [2.45, 2.75) is 38.2 Å². The molecule has 1 atom stereocenters. The zero-order valence-corrected chi connectivity index (χ0v) is 21.8. The quantitative estimate of drug-likeness (QED) is 0.526. The second-order valence-electron chi connectivity index (χ2n) is 10.1. The Bertz CT molecular complexity index is 1220. The summed E-state index contributed by atoms with van der Waals surface area (Å²) < 4.78 is 6.58. The van der Waals surface area contributed by atoms with Crippen molar-refractivity contribution in [2.75, 3.05) is 33.2 Å². The molecule has 9 heteroatoms. The average Bonchev–Trinajstić information content (AvgIpc) is 3.34. The third-order valence-electron chi connectivity index (χ3n) is 7.52. The van der Waals surface area contributed by atoms with E-state index in [1.165, 1.54) is 0 Å². The zero-order chi connectivity index (χ0) is 24.8. The molecule has 8 nitrogen and oxygen atoms in total. The van der Waals surface area contributed by atoms with Crippen LogP contribution in [-0.2, 0) is 10.4 Å². The predicted octanol–water partition coefficient (Wildman–Crippen LogP) is 3.81. The molecule has 1 aromatic carbocycles. The normalized spacial score (nSPS) is 20.3. The molecule has 0 spiro atoms. The largest absolute Gasteiger partial charge is 0.380 e. The van der Waals surface area contributed by atoms with E-state index in [0.29, 0.717) is 35.9 Å². The molecule has 184 valence electrons. The minimum absolute atomic E-state index is 0.0992. The molecule has 2 aliphatic rings. The van der Waals surface area contributed by atoms with Crippen LogP contribution in [0.5, 0.6) is 0 Å². The van der Waals surface area contributed by atoms with Crippen LogP contribution in [-0.4, -0.2) is 69.2 Å². The minimum atomic E-state index is -1.24. The van der Waals surface area contributed by atoms with Crippen molar-refractivity contribution in [3.8, 4) is 11.4 Å². The second-order valence-corrected chi connectivity index (χ2v) is 11.1. The first-order valence-corrected chi connectivity index (χ1v) is 12.7. The van der Waals surface area contributed by atoms with Crippen LogP contribution in [0.25, 0.3) is 11.4 Å². The number of carbonyl (C=O) groups is 1. The van der Waals surface area contributed by atoms with Gasteiger partial charge in [0.15, 0.2) is 0 Å². The molecule has 2 fully saturated rings. The van der Waals surface area contributed by atoms with Crippen LogP contribution < -0.4 is 0 Å². The molecular formula is C26H30BrN5O3. The number of pyridine rings is 1. The molecular weight excluding hydrogens is 510 g/mol. The lowest BCUT2D eigenvalue weighted by molar-refractivity contribution is -0.129. The van der Waals surface area contributed by atoms with E-state index in [-0.39, 0.29) is 17.2 Å². The van der Waals surface area contributed by atoms with Crippen molar-refractivity contribution >= 4 is 21.8 Å². The van der Waals surface area contributed by atoms with Crippen molar-refractivity contribution < 1.29 is 14.4 Å². The number of likely N-dealkylation sites (tertiary alicyclic amines) is 2. The van der Waals surface area contributed by atoms with Crippen LogP contribution in [0.2, 0.25) is 0 Å². The molecule has 4 heterocycles. The number of halogens is 1. The summed E-state index contributed by atoms with van der Waals surface area (Å²) in [5, 5.41) is 16.5. The van der Waals surface area contributed by atoms with Gasteiger partial charge in [0.25, 0.3) is 0 Å². The van der Waals surface area contributed by atoms with Crippen LogP contribution in [0.15, 0.2) is 51.7 Å². The fourth-order valence-electron chi connectivity index (χ4n) is 5.65. The standard InChI is InChI=1S/C26H30BrN5O3/c1-17(33)32-10-8-18(9-11-32)24-29-23(30-35-24)19-12-21(14-28-13-19)26(34,25(2)15-31(3)16-25)20-4-6-22(27)7-5-20/h4-7,12-14,18,34H,8-11,15-16H2,1-3H3. The molecule has 1 amide bonds. The second kappa shape index (κ2) is 9.11. The summed E-state index contributed by atoms with van der Waals surface area (Å²) in [7, 11) is 2.06. The highest BCUT2D eigenvalue weighted by Gasteiger charge is 2.55. The lowest BCUT2D eigenvalue weighted by Gasteiger charge is -2.55. The molecule has 0 bridgehead atoms. The summed E-state index contributed by atoms with van der Waals surface area (Å²) in [5.74, 6) is 1.27. The Morgan fingerprint density at radius 2 is 1.86 bits per heavy atom. The number of hydrogen-bond donors (Lipinski definition) is 1. The first-order chi connectivity index (χ1) is 16.7. The Kier molecular flexibility index (Phi) is 6.27. The Labute approximate surface area is 213 Å². The van der Waals surface area contributed by atoms with Crippen LogP contribution in [0.4, 0.5) is 0 Å². The fraction of sp³-hybridized carbons (Fsp3) is 0.462. The molecule has 2 saturated heterocycles. The maximum absolute atomic E-state index is 12.3. The third-order valence-corrected chi connectivity index (χ3v) is 8.05. The van der Waals surface area contributed by atoms with Gasteiger partial charge in [-0.25, -0.2) is 0 Å². The van der Waals surface area contributed by atoms with Gasteiger partial charge in [-0.1, -0.05) is 40.1 Å². The summed E-state index contributed by atoms with van der Waals surface area (Å²) in [4.78, 5) is 24.8. The van der Waals surface area contributed by atoms with Crippen LogP contribution in [0, 0.1) is 5.41 Å². The highest BCUT2D eigenvalue weighted by Crippen LogP contribution is 2.50. The molecule has 1 N–H and O–H groups in total. The summed E-state index contributed by atoms with van der Waals surface area (Å²) >= 11 is 3.50. The van der Waals surface area contributed by atoms with Crippen molar-refractivity contribution in [3.63, 3.8) is 0 Å². The smallest absolute Gasteiger partial charge is 0.230 e. The first-order valence-electron chi connectivity index (χ1n) is 11.9. The van der Waals surface area contributed by atoms with Crippen molar-refractivity contribution in [1.82, 2.24) is 24.9 Å². The number of carbonyl (C=O) groups excluding carboxylic acids is 1. The molecule has 0 saturated carbocycles. The molecule has 2 aromatic heterocycles. The van der Waals surface area contributed by atoms with Crippen molar-refractivity contribution in [2.24, 2.45) is 5.41 Å². The van der Waals surface area contributed by atoms with E-state index >= 15 is 0 Å². The maximum atomic E-state index is 12.3. The monoisotopic (exact) mass is 539 g/mol. The van der Waals surface area contributed by atoms with E-state index < -0.39 is 5.60 Å². The van der Waals surface area contributed by atoms with E-state index in [1.54, 1.807) is 19.3 Å². The van der Waals surface area contributed by atoms with Gasteiger partial charge in [-0.15, -0.1) is 0 Å². The number of rotatable bonds is 5. The van der Waals surface area contributed by atoms with Crippen LogP contribution in [0.1, 0.15) is 49.6 Å². The van der Waals surface area contributed by atoms with Gasteiger partial charge in [0.05, 0.1) is 0 Å². The van der Waals surface area contributed by atoms with Crippen LogP contribution >= 0.6 is 15.9 Å². The lowest BCUT2D eigenvalue weighted by atomic mass is 9.62. The summed E-state index contributed by atoms with van der Waals surface area (Å²) in [6.45, 7) is 6.62. The number of amides is 1. The topological polar surface area (TPSA) is 95.6 Å². The van der Waals surface area contributed by atoms with E-state index in [9.17, 15) is 9.90 Å². The molecule has 0 aliphatic carbocycles. The van der Waals surface area contributed by atoms with Gasteiger partial charge in [0.2, 0.25) is 17.6 Å². The highest BCUT2D eigenvalue weighted by atomic mass is 79.9. The van der Waals surface area contributed by atoms with E-state index in [1.807, 2.05) is 35.2 Å². The minimum Gasteiger partial charge on any atom is -0.380 e. The SMILES string of the molecule is CC(=O)N1CCC(c2nc(-c3cncc(C(O)(c4ccc(Br)cc4)C4(C)CN(C)C4)c3)no2)CC1. The van der Waals surface area contributed by atoms with Crippen molar-refractivity contribution in [1.29, 1.82) is 0 Å². The number of nitrogens with zero attached hydrogens (tertiary/aromatic N) is 5. The molecule has 5 rings (SSSR count). The highest BCUT2D eigenvalue weighted by molar-refractivity contribution is 9.10. The predicted molar refractivity (Wildman–Crippen MR) is 135 cm³/mol. The van der Waals surface area contributed by atoms with Gasteiger partial charge in [-0.3, -0.25) is 9.78 Å². The number of hydrogen-bond acceptors (Lipinski definition) is 7. The number of aromatic nitrogens is 3. The van der Waals surface area contributed by atoms with E-state index in [2.05, 4.69) is 49.9 Å². The van der Waals surface area contributed by atoms with Gasteiger partial charge in [-0.2, -0.15) is 4.98 Å². The van der Waals surface area contributed by atoms with Gasteiger partial charge >= 0.3 is 0 Å². The number of piperidine rings is 1. The summed E-state index contributed by atoms with van der Waals surface area (Å²) in [6, 6.07) is 9.74. The molecule has 0 radical (unpaired) electrons. The molecule has 35 heavy (non-hydrogen) atoms. The third kappa shape index (κ3) is 4.30. The van der Waals surface area contributed by atoms with Gasteiger partial charge in [-0.05, 0) is 43.7 Å². The molecule has 1 unspecified atom stereocenters. The zero-order valence-electron chi connectivity index (χ0n) is 20.2. The van der Waals surface area contributed by atoms with Gasteiger partial charge in [0, 0.05) is 72.4 Å². The van der Waals surface area contributed by atoms with Gasteiger partial charge < -0.3 is 19.4 Å². The summed E-state index contributed by atoms with van der Waals surface area (Å²) in [6.07, 6.45) is 5.03. The maximum Gasteiger partial charge on any atom is 0.230 e. The Hall–Kier alpha value is -2.62. The summed E-state index contributed by atoms with van der Waals surface area (Å²) in [5.41, 5.74) is 0.596. The van der Waals surface area contributed by atoms with E-state index in [4.69, 9.17) is 4.52 Å². The average molecular weight is 540 g/mol. The van der Waals surface area contributed by atoms with Crippen LogP contribution in [0.3, 0.4) is 0 Å². The van der Waals surface area contributed by atoms with Gasteiger partial charge in [0.1, 0.15) is 5.60 Å². The molecule has 2 aliphatic heterocycles. The molecule has 3 aromatic rings. The number of aliphatic hydroxyl groups is 1.